The van der Waals surface area contributed by atoms with Crippen LogP contribution in [-0.4, -0.2) is 6.67 Å². The van der Waals surface area contributed by atoms with E-state index in [4.69, 9.17) is 46.4 Å². The van der Waals surface area contributed by atoms with E-state index in [1.165, 1.54) is 30.3 Å². The van der Waals surface area contributed by atoms with Gasteiger partial charge in [0.15, 0.2) is 0 Å². The maximum atomic E-state index is 14.9. The Morgan fingerprint density at radius 1 is 0.633 bits per heavy atom. The third-order valence-electron chi connectivity index (χ3n) is 4.68. The highest BCUT2D eigenvalue weighted by Gasteiger charge is 2.17. The molecular weight excluding hydrogens is 475 g/mol. The Bertz CT molecular complexity index is 1000. The Kier molecular flexibility index (Phi) is 7.98. The topological polar surface area (TPSA) is 0 Å². The lowest BCUT2D eigenvalue weighted by Gasteiger charge is -2.14. The van der Waals surface area contributed by atoms with Gasteiger partial charge in [-0.3, -0.25) is 4.39 Å². The van der Waals surface area contributed by atoms with Crippen LogP contribution in [0.3, 0.4) is 0 Å². The molecule has 3 aromatic carbocycles. The molecule has 0 amide bonds. The van der Waals surface area contributed by atoms with E-state index in [9.17, 15) is 13.2 Å². The number of unbranched alkanes of at least 4 members (excludes halogenated alkanes) is 2. The van der Waals surface area contributed by atoms with Crippen LogP contribution in [0.25, 0.3) is 22.3 Å². The second-order valence-corrected chi connectivity index (χ2v) is 8.57. The molecule has 0 aliphatic heterocycles. The van der Waals surface area contributed by atoms with Gasteiger partial charge in [-0.15, -0.1) is 0 Å². The largest absolute Gasteiger partial charge is 0.251 e. The van der Waals surface area contributed by atoms with Gasteiger partial charge in [-0.05, 0) is 78.4 Å². The van der Waals surface area contributed by atoms with E-state index < -0.39 is 11.6 Å². The first-order chi connectivity index (χ1) is 14.3. The fourth-order valence-corrected chi connectivity index (χ4v) is 4.60. The van der Waals surface area contributed by atoms with Gasteiger partial charge < -0.3 is 0 Å². The monoisotopic (exact) mass is 490 g/mol. The molecule has 0 unspecified atom stereocenters. The summed E-state index contributed by atoms with van der Waals surface area (Å²) in [7, 11) is 0. The van der Waals surface area contributed by atoms with Crippen molar-refractivity contribution in [2.24, 2.45) is 0 Å². The van der Waals surface area contributed by atoms with E-state index in [-0.39, 0.29) is 32.3 Å². The highest BCUT2D eigenvalue weighted by atomic mass is 35.5. The molecule has 0 fully saturated rings. The number of hydrogen-bond acceptors (Lipinski definition) is 0. The molecule has 3 rings (SSSR count). The molecule has 0 N–H and O–H groups in total. The van der Waals surface area contributed by atoms with Crippen LogP contribution in [0.1, 0.15) is 24.8 Å². The number of alkyl halides is 1. The molecule has 0 aliphatic rings. The van der Waals surface area contributed by atoms with Crippen molar-refractivity contribution in [2.45, 2.75) is 25.7 Å². The zero-order valence-corrected chi connectivity index (χ0v) is 18.7. The zero-order chi connectivity index (χ0) is 21.8. The molecule has 0 saturated carbocycles. The summed E-state index contributed by atoms with van der Waals surface area (Å²) in [5.74, 6) is -1.03. The van der Waals surface area contributed by atoms with Crippen LogP contribution in [0.5, 0.6) is 0 Å². The van der Waals surface area contributed by atoms with Crippen molar-refractivity contribution in [3.8, 4) is 22.3 Å². The van der Waals surface area contributed by atoms with Crippen LogP contribution in [0.2, 0.25) is 20.1 Å². The Morgan fingerprint density at radius 2 is 1.27 bits per heavy atom. The molecular formula is C23H17Cl4F3. The molecule has 30 heavy (non-hydrogen) atoms. The molecule has 0 spiro atoms. The third kappa shape index (κ3) is 5.45. The van der Waals surface area contributed by atoms with E-state index >= 15 is 0 Å². The van der Waals surface area contributed by atoms with Crippen LogP contribution >= 0.6 is 46.4 Å². The average molecular weight is 492 g/mol. The van der Waals surface area contributed by atoms with Crippen molar-refractivity contribution >= 4 is 46.4 Å². The Morgan fingerprint density at radius 3 is 1.87 bits per heavy atom. The summed E-state index contributed by atoms with van der Waals surface area (Å²) in [5, 5.41) is 0.858. The summed E-state index contributed by atoms with van der Waals surface area (Å²) in [4.78, 5) is 0. The summed E-state index contributed by atoms with van der Waals surface area (Å²) in [6.45, 7) is -0.354. The van der Waals surface area contributed by atoms with Gasteiger partial charge in [0.2, 0.25) is 0 Å². The minimum Gasteiger partial charge on any atom is -0.251 e. The lowest BCUT2D eigenvalue weighted by Crippen LogP contribution is -1.94. The fraction of sp³-hybridized carbons (Fsp3) is 0.217. The SMILES string of the molecule is FCCCCCc1cc(F)c(-c2cc(Cl)c(-c3cc(F)cc(Cl)c3)c(Cl)c2)c(Cl)c1. The summed E-state index contributed by atoms with van der Waals surface area (Å²) >= 11 is 25.1. The predicted octanol–water partition coefficient (Wildman–Crippen LogP) is 9.59. The summed E-state index contributed by atoms with van der Waals surface area (Å²) in [6, 6.07) is 10.2. The summed E-state index contributed by atoms with van der Waals surface area (Å²) in [5.41, 5.74) is 2.13. The molecule has 158 valence electrons. The average Bonchev–Trinajstić information content (AvgIpc) is 2.63. The zero-order valence-electron chi connectivity index (χ0n) is 15.7. The van der Waals surface area contributed by atoms with Gasteiger partial charge in [-0.1, -0.05) is 52.8 Å². The Hall–Kier alpha value is -1.39. The molecule has 0 aromatic heterocycles. The van der Waals surface area contributed by atoms with Gasteiger partial charge in [0.1, 0.15) is 11.6 Å². The van der Waals surface area contributed by atoms with Crippen molar-refractivity contribution in [1.82, 2.24) is 0 Å². The van der Waals surface area contributed by atoms with Crippen LogP contribution in [0, 0.1) is 11.6 Å². The van der Waals surface area contributed by atoms with E-state index in [0.29, 0.717) is 29.5 Å². The highest BCUT2D eigenvalue weighted by Crippen LogP contribution is 2.42. The van der Waals surface area contributed by atoms with Gasteiger partial charge in [0, 0.05) is 16.1 Å². The minimum absolute atomic E-state index is 0.178. The maximum absolute atomic E-state index is 14.9. The van der Waals surface area contributed by atoms with E-state index in [1.54, 1.807) is 12.1 Å². The first kappa shape index (κ1) is 23.3. The van der Waals surface area contributed by atoms with Gasteiger partial charge in [0.25, 0.3) is 0 Å². The van der Waals surface area contributed by atoms with Crippen LogP contribution < -0.4 is 0 Å². The van der Waals surface area contributed by atoms with Crippen LogP contribution in [-0.2, 0) is 6.42 Å². The van der Waals surface area contributed by atoms with Crippen molar-refractivity contribution < 1.29 is 13.2 Å². The third-order valence-corrected chi connectivity index (χ3v) is 5.80. The summed E-state index contributed by atoms with van der Waals surface area (Å²) < 4.78 is 40.8. The fourth-order valence-electron chi connectivity index (χ4n) is 3.34. The van der Waals surface area contributed by atoms with Gasteiger partial charge in [0.05, 0.1) is 21.7 Å². The summed E-state index contributed by atoms with van der Waals surface area (Å²) in [6.07, 6.45) is 2.59. The van der Waals surface area contributed by atoms with E-state index in [1.807, 2.05) is 0 Å². The number of hydrogen-bond donors (Lipinski definition) is 0. The van der Waals surface area contributed by atoms with Crippen LogP contribution in [0.4, 0.5) is 13.2 Å². The lowest BCUT2D eigenvalue weighted by molar-refractivity contribution is 0.456. The van der Waals surface area contributed by atoms with Gasteiger partial charge >= 0.3 is 0 Å². The first-order valence-corrected chi connectivity index (χ1v) is 10.8. The highest BCUT2D eigenvalue weighted by molar-refractivity contribution is 6.40. The van der Waals surface area contributed by atoms with Crippen molar-refractivity contribution in [1.29, 1.82) is 0 Å². The Labute approximate surface area is 193 Å². The van der Waals surface area contributed by atoms with Crippen LogP contribution in [0.15, 0.2) is 42.5 Å². The number of benzene rings is 3. The second-order valence-electron chi connectivity index (χ2n) is 6.91. The predicted molar refractivity (Wildman–Crippen MR) is 121 cm³/mol. The molecule has 0 atom stereocenters. The molecule has 0 bridgehead atoms. The first-order valence-electron chi connectivity index (χ1n) is 9.30. The standard InChI is InChI=1S/C23H17Cl4F3/c24-16-8-14(9-17(29)12-16)22-19(26)10-15(11-20(22)27)23-18(25)6-13(7-21(23)30)4-2-1-3-5-28/h6-12H,1-5H2. The molecule has 3 aromatic rings. The number of rotatable bonds is 7. The van der Waals surface area contributed by atoms with E-state index in [2.05, 4.69) is 0 Å². The van der Waals surface area contributed by atoms with Gasteiger partial charge in [-0.2, -0.15) is 0 Å². The molecule has 0 saturated heterocycles. The minimum atomic E-state index is -0.523. The molecule has 0 heterocycles. The smallest absolute Gasteiger partial charge is 0.132 e. The molecule has 0 nitrogen and oxygen atoms in total. The van der Waals surface area contributed by atoms with Gasteiger partial charge in [-0.25, -0.2) is 8.78 Å². The van der Waals surface area contributed by atoms with Crippen molar-refractivity contribution in [3.63, 3.8) is 0 Å². The lowest BCUT2D eigenvalue weighted by atomic mass is 9.97. The normalized spacial score (nSPS) is 11.2. The molecule has 0 aliphatic carbocycles. The van der Waals surface area contributed by atoms with Crippen molar-refractivity contribution in [2.75, 3.05) is 6.67 Å². The number of halogens is 7. The quantitative estimate of drug-likeness (QED) is 0.288. The maximum Gasteiger partial charge on any atom is 0.132 e. The molecule has 7 heteroatoms. The van der Waals surface area contributed by atoms with Crippen molar-refractivity contribution in [3.05, 3.63) is 79.8 Å². The second kappa shape index (κ2) is 10.3. The Balaban J connectivity index is 1.97. The molecule has 0 radical (unpaired) electrons. The number of aryl methyl sites for hydroxylation is 1. The van der Waals surface area contributed by atoms with E-state index in [0.717, 1.165) is 18.4 Å².